The zero-order valence-corrected chi connectivity index (χ0v) is 13.3. The Morgan fingerprint density at radius 2 is 1.85 bits per heavy atom. The molecule has 0 radical (unpaired) electrons. The van der Waals surface area contributed by atoms with Gasteiger partial charge in [-0.2, -0.15) is 0 Å². The van der Waals surface area contributed by atoms with Gasteiger partial charge in [0.15, 0.2) is 0 Å². The summed E-state index contributed by atoms with van der Waals surface area (Å²) in [6.45, 7) is 14.6. The van der Waals surface area contributed by atoms with E-state index >= 15 is 0 Å². The number of hydrogen-bond donors (Lipinski definition) is 1. The molecule has 0 saturated carbocycles. The summed E-state index contributed by atoms with van der Waals surface area (Å²) < 4.78 is 0. The van der Waals surface area contributed by atoms with Gasteiger partial charge in [0, 0.05) is 38.4 Å². The molecule has 0 spiro atoms. The first kappa shape index (κ1) is 15.3. The van der Waals surface area contributed by atoms with Gasteiger partial charge in [-0.1, -0.05) is 31.5 Å². The van der Waals surface area contributed by atoms with Gasteiger partial charge in [-0.25, -0.2) is 0 Å². The van der Waals surface area contributed by atoms with Crippen molar-refractivity contribution in [3.05, 3.63) is 29.3 Å². The Hall–Kier alpha value is -1.06. The fourth-order valence-corrected chi connectivity index (χ4v) is 2.87. The predicted molar refractivity (Wildman–Crippen MR) is 87.5 cm³/mol. The van der Waals surface area contributed by atoms with Crippen LogP contribution in [0.2, 0.25) is 0 Å². The van der Waals surface area contributed by atoms with E-state index in [0.29, 0.717) is 0 Å². The molecule has 0 atom stereocenters. The van der Waals surface area contributed by atoms with E-state index in [1.54, 1.807) is 0 Å². The van der Waals surface area contributed by atoms with Crippen LogP contribution in [-0.4, -0.2) is 44.2 Å². The molecule has 0 bridgehead atoms. The lowest BCUT2D eigenvalue weighted by Gasteiger charge is -2.36. The van der Waals surface area contributed by atoms with Crippen LogP contribution >= 0.6 is 0 Å². The standard InChI is InChI=1S/C17H29N3/c1-4-8-18-14-16-13-15(3)6-7-17(16)20-11-9-19(5-2)10-12-20/h6-7,13,18H,4-5,8-12,14H2,1-3H3. The molecule has 20 heavy (non-hydrogen) atoms. The lowest BCUT2D eigenvalue weighted by Crippen LogP contribution is -2.46. The van der Waals surface area contributed by atoms with Gasteiger partial charge in [-0.05, 0) is 38.1 Å². The summed E-state index contributed by atoms with van der Waals surface area (Å²) >= 11 is 0. The number of aryl methyl sites for hydroxylation is 1. The third kappa shape index (κ3) is 3.97. The second-order valence-electron chi connectivity index (χ2n) is 5.73. The lowest BCUT2D eigenvalue weighted by molar-refractivity contribution is 0.271. The van der Waals surface area contributed by atoms with Crippen LogP contribution in [0.5, 0.6) is 0 Å². The number of rotatable bonds is 6. The van der Waals surface area contributed by atoms with Crippen molar-refractivity contribution in [2.24, 2.45) is 0 Å². The molecule has 112 valence electrons. The maximum atomic E-state index is 3.54. The summed E-state index contributed by atoms with van der Waals surface area (Å²) in [5.74, 6) is 0. The van der Waals surface area contributed by atoms with Gasteiger partial charge in [0.1, 0.15) is 0 Å². The smallest absolute Gasteiger partial charge is 0.0412 e. The fraction of sp³-hybridized carbons (Fsp3) is 0.647. The van der Waals surface area contributed by atoms with Gasteiger partial charge >= 0.3 is 0 Å². The van der Waals surface area contributed by atoms with E-state index in [4.69, 9.17) is 0 Å². The normalized spacial score (nSPS) is 16.6. The minimum atomic E-state index is 0.985. The second kappa shape index (κ2) is 7.65. The summed E-state index contributed by atoms with van der Waals surface area (Å²) in [7, 11) is 0. The molecule has 1 aliphatic heterocycles. The summed E-state index contributed by atoms with van der Waals surface area (Å²) in [6, 6.07) is 6.88. The molecule has 3 nitrogen and oxygen atoms in total. The van der Waals surface area contributed by atoms with Gasteiger partial charge in [0.2, 0.25) is 0 Å². The van der Waals surface area contributed by atoms with Crippen molar-refractivity contribution in [1.82, 2.24) is 10.2 Å². The zero-order valence-electron chi connectivity index (χ0n) is 13.3. The summed E-state index contributed by atoms with van der Waals surface area (Å²) in [6.07, 6.45) is 1.19. The maximum Gasteiger partial charge on any atom is 0.0412 e. The van der Waals surface area contributed by atoms with E-state index in [9.17, 15) is 0 Å². The molecule has 1 aromatic carbocycles. The van der Waals surface area contributed by atoms with Gasteiger partial charge < -0.3 is 15.1 Å². The Kier molecular flexibility index (Phi) is 5.86. The van der Waals surface area contributed by atoms with Gasteiger partial charge in [0.25, 0.3) is 0 Å². The third-order valence-electron chi connectivity index (χ3n) is 4.14. The van der Waals surface area contributed by atoms with E-state index in [2.05, 4.69) is 54.1 Å². The number of nitrogens with zero attached hydrogens (tertiary/aromatic N) is 2. The average molecular weight is 275 g/mol. The first-order valence-corrected chi connectivity index (χ1v) is 8.02. The molecule has 1 heterocycles. The predicted octanol–water partition coefficient (Wildman–Crippen LogP) is 2.64. The Labute approximate surface area is 124 Å². The SMILES string of the molecule is CCCNCc1cc(C)ccc1N1CCN(CC)CC1. The van der Waals surface area contributed by atoms with E-state index in [1.165, 1.54) is 42.9 Å². The first-order valence-electron chi connectivity index (χ1n) is 8.02. The van der Waals surface area contributed by atoms with E-state index in [-0.39, 0.29) is 0 Å². The molecule has 0 unspecified atom stereocenters. The molecule has 0 aliphatic carbocycles. The third-order valence-corrected chi connectivity index (χ3v) is 4.14. The Bertz CT molecular complexity index is 409. The largest absolute Gasteiger partial charge is 0.369 e. The number of benzene rings is 1. The van der Waals surface area contributed by atoms with Crippen molar-refractivity contribution in [3.8, 4) is 0 Å². The Balaban J connectivity index is 2.06. The van der Waals surface area contributed by atoms with Crippen LogP contribution in [0, 0.1) is 6.92 Å². The van der Waals surface area contributed by atoms with Crippen molar-refractivity contribution in [2.75, 3.05) is 44.2 Å². The molecular formula is C17H29N3. The zero-order chi connectivity index (χ0) is 14.4. The fourth-order valence-electron chi connectivity index (χ4n) is 2.87. The van der Waals surface area contributed by atoms with Crippen LogP contribution in [0.15, 0.2) is 18.2 Å². The molecule has 1 aliphatic rings. The Morgan fingerprint density at radius 1 is 1.10 bits per heavy atom. The molecule has 3 heteroatoms. The molecule has 1 saturated heterocycles. The molecule has 0 aromatic heterocycles. The number of hydrogen-bond acceptors (Lipinski definition) is 3. The van der Waals surface area contributed by atoms with Crippen LogP contribution in [0.25, 0.3) is 0 Å². The van der Waals surface area contributed by atoms with Crippen molar-refractivity contribution in [2.45, 2.75) is 33.7 Å². The van der Waals surface area contributed by atoms with Crippen LogP contribution < -0.4 is 10.2 Å². The number of piperazine rings is 1. The minimum absolute atomic E-state index is 0.985. The topological polar surface area (TPSA) is 18.5 Å². The van der Waals surface area contributed by atoms with E-state index < -0.39 is 0 Å². The van der Waals surface area contributed by atoms with Crippen LogP contribution in [0.4, 0.5) is 5.69 Å². The quantitative estimate of drug-likeness (QED) is 0.805. The minimum Gasteiger partial charge on any atom is -0.369 e. The summed E-state index contributed by atoms with van der Waals surface area (Å²) in [4.78, 5) is 5.08. The molecule has 2 rings (SSSR count). The second-order valence-corrected chi connectivity index (χ2v) is 5.73. The number of likely N-dealkylation sites (N-methyl/N-ethyl adjacent to an activating group) is 1. The average Bonchev–Trinajstić information content (AvgIpc) is 2.48. The highest BCUT2D eigenvalue weighted by Gasteiger charge is 2.17. The van der Waals surface area contributed by atoms with Gasteiger partial charge in [0.05, 0.1) is 0 Å². The molecule has 0 amide bonds. The summed E-state index contributed by atoms with van der Waals surface area (Å²) in [5.41, 5.74) is 4.23. The van der Waals surface area contributed by atoms with Crippen molar-refractivity contribution in [1.29, 1.82) is 0 Å². The number of nitrogens with one attached hydrogen (secondary N) is 1. The van der Waals surface area contributed by atoms with E-state index in [0.717, 1.165) is 26.2 Å². The molecule has 1 fully saturated rings. The van der Waals surface area contributed by atoms with Gasteiger partial charge in [-0.3, -0.25) is 0 Å². The highest BCUT2D eigenvalue weighted by molar-refractivity contribution is 5.55. The van der Waals surface area contributed by atoms with Crippen LogP contribution in [-0.2, 0) is 6.54 Å². The molecule has 1 N–H and O–H groups in total. The monoisotopic (exact) mass is 275 g/mol. The Morgan fingerprint density at radius 3 is 2.50 bits per heavy atom. The van der Waals surface area contributed by atoms with E-state index in [1.807, 2.05) is 0 Å². The summed E-state index contributed by atoms with van der Waals surface area (Å²) in [5, 5.41) is 3.54. The highest BCUT2D eigenvalue weighted by Crippen LogP contribution is 2.23. The maximum absolute atomic E-state index is 3.54. The van der Waals surface area contributed by atoms with Crippen molar-refractivity contribution >= 4 is 5.69 Å². The molecule has 1 aromatic rings. The van der Waals surface area contributed by atoms with Crippen LogP contribution in [0.1, 0.15) is 31.4 Å². The number of anilines is 1. The first-order chi connectivity index (χ1) is 9.74. The molecular weight excluding hydrogens is 246 g/mol. The van der Waals surface area contributed by atoms with Gasteiger partial charge in [-0.15, -0.1) is 0 Å². The van der Waals surface area contributed by atoms with Crippen molar-refractivity contribution in [3.63, 3.8) is 0 Å². The van der Waals surface area contributed by atoms with Crippen LogP contribution in [0.3, 0.4) is 0 Å². The highest BCUT2D eigenvalue weighted by atomic mass is 15.3. The lowest BCUT2D eigenvalue weighted by atomic mass is 10.1. The van der Waals surface area contributed by atoms with Crippen molar-refractivity contribution < 1.29 is 0 Å².